The first-order valence-corrected chi connectivity index (χ1v) is 8.89. The number of halogens is 1. The summed E-state index contributed by atoms with van der Waals surface area (Å²) in [6.45, 7) is 4.19. The van der Waals surface area contributed by atoms with Gasteiger partial charge in [0.2, 0.25) is 5.91 Å². The molecular weight excluding hydrogens is 330 g/mol. The number of hydrogen-bond acceptors (Lipinski definition) is 4. The first-order valence-electron chi connectivity index (χ1n) is 7.70. The lowest BCUT2D eigenvalue weighted by Crippen LogP contribution is -2.14. The SMILES string of the molecule is CCC(/C=C(\C=C/N)C(N)=O)Cc1nc2c(s1)C=C(Cl)[C@@H](C)C2. The van der Waals surface area contributed by atoms with Gasteiger partial charge in [0, 0.05) is 17.0 Å². The Morgan fingerprint density at radius 2 is 2.35 bits per heavy atom. The van der Waals surface area contributed by atoms with Crippen LogP contribution in [0.4, 0.5) is 0 Å². The second kappa shape index (κ2) is 7.79. The van der Waals surface area contributed by atoms with Gasteiger partial charge in [-0.1, -0.05) is 31.5 Å². The highest BCUT2D eigenvalue weighted by Crippen LogP contribution is 2.34. The number of allylic oxidation sites excluding steroid dienone is 2. The third-order valence-corrected chi connectivity index (χ3v) is 5.50. The zero-order chi connectivity index (χ0) is 17.0. The predicted molar refractivity (Wildman–Crippen MR) is 96.9 cm³/mol. The summed E-state index contributed by atoms with van der Waals surface area (Å²) in [4.78, 5) is 17.3. The molecule has 0 spiro atoms. The van der Waals surface area contributed by atoms with Crippen LogP contribution in [0.5, 0.6) is 0 Å². The Balaban J connectivity index is 2.19. The van der Waals surface area contributed by atoms with Crippen LogP contribution >= 0.6 is 22.9 Å². The zero-order valence-electron chi connectivity index (χ0n) is 13.4. The van der Waals surface area contributed by atoms with E-state index in [2.05, 4.69) is 13.8 Å². The molecule has 1 aliphatic carbocycles. The number of hydrogen-bond donors (Lipinski definition) is 2. The highest BCUT2D eigenvalue weighted by Gasteiger charge is 2.21. The Morgan fingerprint density at radius 1 is 1.61 bits per heavy atom. The molecule has 2 rings (SSSR count). The van der Waals surface area contributed by atoms with Crippen molar-refractivity contribution in [2.24, 2.45) is 23.3 Å². The molecule has 1 heterocycles. The van der Waals surface area contributed by atoms with Crippen LogP contribution in [0.2, 0.25) is 0 Å². The van der Waals surface area contributed by atoms with Gasteiger partial charge in [0.05, 0.1) is 15.6 Å². The fourth-order valence-electron chi connectivity index (χ4n) is 2.54. The molecule has 4 nitrogen and oxygen atoms in total. The Kier molecular flexibility index (Phi) is 6.02. The van der Waals surface area contributed by atoms with E-state index in [4.69, 9.17) is 28.1 Å². The molecule has 0 aromatic carbocycles. The molecule has 0 saturated carbocycles. The van der Waals surface area contributed by atoms with E-state index in [1.807, 2.05) is 12.2 Å². The van der Waals surface area contributed by atoms with E-state index in [1.54, 1.807) is 17.4 Å². The minimum Gasteiger partial charge on any atom is -0.405 e. The van der Waals surface area contributed by atoms with Gasteiger partial charge in [-0.05, 0) is 43.0 Å². The highest BCUT2D eigenvalue weighted by atomic mass is 35.5. The molecule has 0 fully saturated rings. The van der Waals surface area contributed by atoms with Crippen LogP contribution in [-0.4, -0.2) is 10.9 Å². The van der Waals surface area contributed by atoms with Gasteiger partial charge >= 0.3 is 0 Å². The number of amides is 1. The average Bonchev–Trinajstić information content (AvgIpc) is 2.87. The zero-order valence-corrected chi connectivity index (χ0v) is 15.0. The van der Waals surface area contributed by atoms with E-state index in [0.29, 0.717) is 11.5 Å². The average molecular weight is 352 g/mol. The molecule has 23 heavy (non-hydrogen) atoms. The van der Waals surface area contributed by atoms with Gasteiger partial charge < -0.3 is 11.5 Å². The Labute approximate surface area is 145 Å². The van der Waals surface area contributed by atoms with Crippen LogP contribution in [0, 0.1) is 11.8 Å². The maximum Gasteiger partial charge on any atom is 0.248 e. The Morgan fingerprint density at radius 3 is 2.96 bits per heavy atom. The van der Waals surface area contributed by atoms with Gasteiger partial charge in [0.15, 0.2) is 0 Å². The molecule has 0 bridgehead atoms. The van der Waals surface area contributed by atoms with Gasteiger partial charge in [-0.15, -0.1) is 11.3 Å². The van der Waals surface area contributed by atoms with E-state index in [-0.39, 0.29) is 5.92 Å². The summed E-state index contributed by atoms with van der Waals surface area (Å²) in [5.74, 6) is 0.0578. The number of primary amides is 1. The first-order chi connectivity index (χ1) is 10.9. The normalized spacial score (nSPS) is 19.5. The largest absolute Gasteiger partial charge is 0.405 e. The van der Waals surface area contributed by atoms with Crippen molar-refractivity contribution < 1.29 is 4.79 Å². The van der Waals surface area contributed by atoms with Gasteiger partial charge in [-0.2, -0.15) is 0 Å². The molecule has 1 aromatic rings. The summed E-state index contributed by atoms with van der Waals surface area (Å²) < 4.78 is 0. The van der Waals surface area contributed by atoms with Crippen LogP contribution in [-0.2, 0) is 17.6 Å². The second-order valence-electron chi connectivity index (χ2n) is 5.77. The van der Waals surface area contributed by atoms with Crippen molar-refractivity contribution in [3.05, 3.63) is 44.5 Å². The fraction of sp³-hybridized carbons (Fsp3) is 0.412. The molecular formula is C17H22ClN3OS. The van der Waals surface area contributed by atoms with E-state index in [1.165, 1.54) is 6.20 Å². The third-order valence-electron chi connectivity index (χ3n) is 3.95. The maximum atomic E-state index is 11.4. The molecule has 6 heteroatoms. The monoisotopic (exact) mass is 351 g/mol. The topological polar surface area (TPSA) is 82.0 Å². The molecule has 0 aliphatic heterocycles. The third kappa shape index (κ3) is 4.45. The lowest BCUT2D eigenvalue weighted by molar-refractivity contribution is -0.114. The van der Waals surface area contributed by atoms with Gasteiger partial charge in [-0.25, -0.2) is 4.98 Å². The number of carbonyl (C=O) groups is 1. The van der Waals surface area contributed by atoms with Crippen LogP contribution in [0.25, 0.3) is 6.08 Å². The molecule has 4 N–H and O–H groups in total. The smallest absolute Gasteiger partial charge is 0.248 e. The lowest BCUT2D eigenvalue weighted by Gasteiger charge is -2.13. The van der Waals surface area contributed by atoms with Crippen molar-refractivity contribution in [2.45, 2.75) is 33.1 Å². The molecule has 0 saturated heterocycles. The quantitative estimate of drug-likeness (QED) is 0.609. The molecule has 124 valence electrons. The molecule has 0 radical (unpaired) electrons. The van der Waals surface area contributed by atoms with Gasteiger partial charge in [0.25, 0.3) is 0 Å². The second-order valence-corrected chi connectivity index (χ2v) is 7.32. The molecule has 1 unspecified atom stereocenters. The van der Waals surface area contributed by atoms with Crippen molar-refractivity contribution >= 4 is 34.9 Å². The Bertz CT molecular complexity index is 675. The number of aromatic nitrogens is 1. The van der Waals surface area contributed by atoms with E-state index >= 15 is 0 Å². The highest BCUT2D eigenvalue weighted by molar-refractivity contribution is 7.12. The standard InChI is InChI=1S/C17H22ClN3OS/c1-3-11(7-12(4-5-19)17(20)22)8-16-21-14-6-10(2)13(18)9-15(14)23-16/h4-5,7,9-11H,3,6,8,19H2,1-2H3,(H2,20,22)/b5-4-,12-7+/t10-,11?/m0/s1. The van der Waals surface area contributed by atoms with Crippen molar-refractivity contribution in [1.82, 2.24) is 4.98 Å². The number of carbonyl (C=O) groups excluding carboxylic acids is 1. The van der Waals surface area contributed by atoms with Crippen molar-refractivity contribution in [3.63, 3.8) is 0 Å². The number of thiazole rings is 1. The Hall–Kier alpha value is -1.59. The lowest BCUT2D eigenvalue weighted by atomic mass is 9.98. The van der Waals surface area contributed by atoms with Crippen LogP contribution in [0.3, 0.4) is 0 Å². The number of nitrogens with zero attached hydrogens (tertiary/aromatic N) is 1. The van der Waals surface area contributed by atoms with E-state index in [9.17, 15) is 4.79 Å². The fourth-order valence-corrected chi connectivity index (χ4v) is 3.93. The summed E-state index contributed by atoms with van der Waals surface area (Å²) in [5, 5.41) is 1.96. The van der Waals surface area contributed by atoms with Crippen molar-refractivity contribution in [1.29, 1.82) is 0 Å². The van der Waals surface area contributed by atoms with Crippen molar-refractivity contribution in [2.75, 3.05) is 0 Å². The first kappa shape index (κ1) is 17.8. The minimum atomic E-state index is -0.466. The van der Waals surface area contributed by atoms with Gasteiger partial charge in [-0.3, -0.25) is 4.79 Å². The molecule has 2 atom stereocenters. The molecule has 1 aliphatic rings. The predicted octanol–water partition coefficient (Wildman–Crippen LogP) is 3.37. The van der Waals surface area contributed by atoms with E-state index < -0.39 is 5.91 Å². The summed E-state index contributed by atoms with van der Waals surface area (Å²) in [6.07, 6.45) is 9.35. The summed E-state index contributed by atoms with van der Waals surface area (Å²) in [7, 11) is 0. The van der Waals surface area contributed by atoms with Crippen LogP contribution in [0.15, 0.2) is 29.0 Å². The minimum absolute atomic E-state index is 0.193. The number of fused-ring (bicyclic) bond motifs is 1. The van der Waals surface area contributed by atoms with Gasteiger partial charge in [0.1, 0.15) is 0 Å². The summed E-state index contributed by atoms with van der Waals surface area (Å²) in [6, 6.07) is 0. The van der Waals surface area contributed by atoms with Crippen molar-refractivity contribution in [3.8, 4) is 0 Å². The molecule has 1 aromatic heterocycles. The maximum absolute atomic E-state index is 11.4. The van der Waals surface area contributed by atoms with Crippen LogP contribution < -0.4 is 11.5 Å². The number of rotatable bonds is 6. The summed E-state index contributed by atoms with van der Waals surface area (Å²) >= 11 is 7.91. The molecule has 1 amide bonds. The van der Waals surface area contributed by atoms with E-state index in [0.717, 1.165) is 39.9 Å². The number of nitrogens with two attached hydrogens (primary N) is 2. The summed E-state index contributed by atoms with van der Waals surface area (Å²) in [5.41, 5.74) is 12.3. The van der Waals surface area contributed by atoms with Crippen LogP contribution in [0.1, 0.15) is 35.8 Å².